The van der Waals surface area contributed by atoms with Crippen LogP contribution in [0.3, 0.4) is 0 Å². The van der Waals surface area contributed by atoms with E-state index < -0.39 is 23.3 Å². The minimum absolute atomic E-state index is 0.286. The van der Waals surface area contributed by atoms with Crippen LogP contribution in [0.25, 0.3) is 0 Å². The highest BCUT2D eigenvalue weighted by atomic mass is 79.9. The van der Waals surface area contributed by atoms with Crippen molar-refractivity contribution in [1.29, 1.82) is 0 Å². The monoisotopic (exact) mass is 342 g/mol. The molecule has 2 amide bonds. The predicted octanol–water partition coefficient (Wildman–Crippen LogP) is 1.16. The van der Waals surface area contributed by atoms with Gasteiger partial charge in [-0.3, -0.25) is 9.59 Å². The number of hydrogen-bond acceptors (Lipinski definition) is 3. The summed E-state index contributed by atoms with van der Waals surface area (Å²) in [6, 6.07) is 6.64. The van der Waals surface area contributed by atoms with E-state index in [0.29, 0.717) is 5.56 Å². The second-order valence-electron chi connectivity index (χ2n) is 4.67. The molecule has 0 unspecified atom stereocenters. The molecule has 0 fully saturated rings. The van der Waals surface area contributed by atoms with Gasteiger partial charge in [0.2, 0.25) is 5.91 Å². The van der Waals surface area contributed by atoms with Gasteiger partial charge in [-0.2, -0.15) is 0 Å². The van der Waals surface area contributed by atoms with E-state index in [0.717, 1.165) is 4.47 Å². The molecule has 1 rings (SSSR count). The number of carbonyl (C=O) groups is 3. The highest BCUT2D eigenvalue weighted by Crippen LogP contribution is 2.10. The molecule has 0 saturated heterocycles. The summed E-state index contributed by atoms with van der Waals surface area (Å²) in [5, 5.41) is 13.6. The normalized spacial score (nSPS) is 10.8. The van der Waals surface area contributed by atoms with E-state index in [2.05, 4.69) is 26.6 Å². The largest absolute Gasteiger partial charge is 0.480 e. The Hall–Kier alpha value is -1.89. The molecule has 0 radical (unpaired) electrons. The highest BCUT2D eigenvalue weighted by Gasteiger charge is 2.28. The van der Waals surface area contributed by atoms with Gasteiger partial charge in [0.25, 0.3) is 5.91 Å². The first kappa shape index (κ1) is 16.2. The molecule has 1 aromatic rings. The summed E-state index contributed by atoms with van der Waals surface area (Å²) in [5.41, 5.74) is -0.960. The molecule has 0 aliphatic rings. The summed E-state index contributed by atoms with van der Waals surface area (Å²) in [5.74, 6) is -2.12. The number of aliphatic carboxylic acids is 1. The number of halogens is 1. The van der Waals surface area contributed by atoms with Crippen LogP contribution in [-0.2, 0) is 9.59 Å². The molecule has 0 atom stereocenters. The fraction of sp³-hybridized carbons (Fsp3) is 0.308. The molecular formula is C13H15BrN2O4. The Kier molecular flexibility index (Phi) is 5.26. The Bertz CT molecular complexity index is 526. The molecule has 20 heavy (non-hydrogen) atoms. The lowest BCUT2D eigenvalue weighted by molar-refractivity contribution is -0.145. The minimum Gasteiger partial charge on any atom is -0.480 e. The maximum absolute atomic E-state index is 11.7. The van der Waals surface area contributed by atoms with Gasteiger partial charge in [-0.25, -0.2) is 4.79 Å². The fourth-order valence-corrected chi connectivity index (χ4v) is 1.57. The molecule has 0 heterocycles. The first-order valence-corrected chi connectivity index (χ1v) is 6.60. The zero-order valence-electron chi connectivity index (χ0n) is 11.1. The average Bonchev–Trinajstić information content (AvgIpc) is 2.36. The Morgan fingerprint density at radius 2 is 1.75 bits per heavy atom. The molecule has 0 aliphatic heterocycles. The average molecular weight is 343 g/mol. The molecule has 0 spiro atoms. The quantitative estimate of drug-likeness (QED) is 0.748. The number of nitrogens with one attached hydrogen (secondary N) is 2. The van der Waals surface area contributed by atoms with Gasteiger partial charge in [0.15, 0.2) is 0 Å². The smallest absolute Gasteiger partial charge is 0.328 e. The molecule has 0 bridgehead atoms. The zero-order valence-corrected chi connectivity index (χ0v) is 12.7. The summed E-state index contributed by atoms with van der Waals surface area (Å²) >= 11 is 3.25. The van der Waals surface area contributed by atoms with Gasteiger partial charge in [0.1, 0.15) is 5.54 Å². The lowest BCUT2D eigenvalue weighted by Crippen LogP contribution is -2.52. The van der Waals surface area contributed by atoms with E-state index in [9.17, 15) is 14.4 Å². The van der Waals surface area contributed by atoms with Gasteiger partial charge in [-0.15, -0.1) is 0 Å². The van der Waals surface area contributed by atoms with E-state index in [4.69, 9.17) is 5.11 Å². The summed E-state index contributed by atoms with van der Waals surface area (Å²) < 4.78 is 0.843. The Balaban J connectivity index is 2.51. The Morgan fingerprint density at radius 3 is 2.25 bits per heavy atom. The molecule has 0 saturated carbocycles. The topological polar surface area (TPSA) is 95.5 Å². The Labute approximate surface area is 124 Å². The number of carbonyl (C=O) groups excluding carboxylic acids is 2. The maximum Gasteiger partial charge on any atom is 0.328 e. The molecule has 0 aromatic heterocycles. The third kappa shape index (κ3) is 4.65. The first-order chi connectivity index (χ1) is 9.22. The number of hydrogen-bond donors (Lipinski definition) is 3. The van der Waals surface area contributed by atoms with Crippen LogP contribution < -0.4 is 10.6 Å². The van der Waals surface area contributed by atoms with E-state index in [-0.39, 0.29) is 6.54 Å². The summed E-state index contributed by atoms with van der Waals surface area (Å²) in [6.07, 6.45) is 0. The second kappa shape index (κ2) is 6.51. The van der Waals surface area contributed by atoms with Crippen LogP contribution in [0.15, 0.2) is 28.7 Å². The van der Waals surface area contributed by atoms with Crippen LogP contribution in [0.5, 0.6) is 0 Å². The number of amides is 2. The Morgan fingerprint density at radius 1 is 1.20 bits per heavy atom. The van der Waals surface area contributed by atoms with Crippen molar-refractivity contribution < 1.29 is 19.5 Å². The van der Waals surface area contributed by atoms with Gasteiger partial charge in [-0.05, 0) is 38.1 Å². The molecule has 1 aromatic carbocycles. The van der Waals surface area contributed by atoms with Gasteiger partial charge in [0.05, 0.1) is 6.54 Å². The summed E-state index contributed by atoms with van der Waals surface area (Å²) in [4.78, 5) is 34.1. The number of carboxylic acid groups (broad SMARTS) is 1. The molecule has 3 N–H and O–H groups in total. The van der Waals surface area contributed by atoms with Crippen LogP contribution in [0.1, 0.15) is 24.2 Å². The SMILES string of the molecule is CC(C)(NC(=O)CNC(=O)c1ccc(Br)cc1)C(=O)O. The van der Waals surface area contributed by atoms with Crippen LogP contribution in [0.4, 0.5) is 0 Å². The minimum atomic E-state index is -1.38. The lowest BCUT2D eigenvalue weighted by Gasteiger charge is -2.21. The van der Waals surface area contributed by atoms with Crippen LogP contribution in [0.2, 0.25) is 0 Å². The van der Waals surface area contributed by atoms with Gasteiger partial charge < -0.3 is 15.7 Å². The highest BCUT2D eigenvalue weighted by molar-refractivity contribution is 9.10. The van der Waals surface area contributed by atoms with Crippen LogP contribution in [-0.4, -0.2) is 35.0 Å². The standard InChI is InChI=1S/C13H15BrN2O4/c1-13(2,12(19)20)16-10(17)7-15-11(18)8-3-5-9(14)6-4-8/h3-6H,7H2,1-2H3,(H,15,18)(H,16,17)(H,19,20). The van der Waals surface area contributed by atoms with Crippen molar-refractivity contribution in [3.63, 3.8) is 0 Å². The van der Waals surface area contributed by atoms with Crippen molar-refractivity contribution in [3.8, 4) is 0 Å². The van der Waals surface area contributed by atoms with Crippen molar-refractivity contribution in [1.82, 2.24) is 10.6 Å². The lowest BCUT2D eigenvalue weighted by atomic mass is 10.1. The summed E-state index contributed by atoms with van der Waals surface area (Å²) in [6.45, 7) is 2.44. The van der Waals surface area contributed by atoms with Crippen molar-refractivity contribution in [2.75, 3.05) is 6.54 Å². The van der Waals surface area contributed by atoms with Gasteiger partial charge in [0, 0.05) is 10.0 Å². The molecular weight excluding hydrogens is 328 g/mol. The third-order valence-electron chi connectivity index (χ3n) is 2.50. The maximum atomic E-state index is 11.7. The predicted molar refractivity (Wildman–Crippen MR) is 76.3 cm³/mol. The van der Waals surface area contributed by atoms with E-state index in [1.54, 1.807) is 24.3 Å². The van der Waals surface area contributed by atoms with E-state index in [1.165, 1.54) is 13.8 Å². The number of carboxylic acids is 1. The first-order valence-electron chi connectivity index (χ1n) is 5.80. The number of rotatable bonds is 5. The van der Waals surface area contributed by atoms with Crippen molar-refractivity contribution in [2.45, 2.75) is 19.4 Å². The van der Waals surface area contributed by atoms with Crippen LogP contribution in [0, 0.1) is 0 Å². The van der Waals surface area contributed by atoms with E-state index >= 15 is 0 Å². The zero-order chi connectivity index (χ0) is 15.3. The molecule has 108 valence electrons. The van der Waals surface area contributed by atoms with Crippen molar-refractivity contribution in [2.24, 2.45) is 0 Å². The second-order valence-corrected chi connectivity index (χ2v) is 5.58. The van der Waals surface area contributed by atoms with Crippen molar-refractivity contribution >= 4 is 33.7 Å². The summed E-state index contributed by atoms with van der Waals surface area (Å²) in [7, 11) is 0. The van der Waals surface area contributed by atoms with Gasteiger partial charge in [-0.1, -0.05) is 15.9 Å². The molecule has 0 aliphatic carbocycles. The van der Waals surface area contributed by atoms with Crippen LogP contribution >= 0.6 is 15.9 Å². The molecule has 7 heteroatoms. The molecule has 6 nitrogen and oxygen atoms in total. The van der Waals surface area contributed by atoms with E-state index in [1.807, 2.05) is 0 Å². The third-order valence-corrected chi connectivity index (χ3v) is 3.03. The van der Waals surface area contributed by atoms with Crippen molar-refractivity contribution in [3.05, 3.63) is 34.3 Å². The number of benzene rings is 1. The van der Waals surface area contributed by atoms with Gasteiger partial charge >= 0.3 is 5.97 Å². The fourth-order valence-electron chi connectivity index (χ4n) is 1.31.